The minimum atomic E-state index is 0.0732. The molecule has 0 saturated carbocycles. The van der Waals surface area contributed by atoms with Crippen molar-refractivity contribution < 1.29 is 9.53 Å². The average molecular weight is 501 g/mol. The Labute approximate surface area is 217 Å². The number of hydrogen-bond acceptors (Lipinski definition) is 5. The third-order valence-corrected chi connectivity index (χ3v) is 6.97. The molecule has 0 aliphatic carbocycles. The molecule has 4 rings (SSSR count). The van der Waals surface area contributed by atoms with Gasteiger partial charge in [0.25, 0.3) is 0 Å². The first kappa shape index (κ1) is 25.5. The number of nitrogens with zero attached hydrogens (tertiary/aromatic N) is 4. The molecule has 0 unspecified atom stereocenters. The molecule has 0 aliphatic heterocycles. The van der Waals surface area contributed by atoms with Gasteiger partial charge in [0, 0.05) is 18.7 Å². The number of amides is 1. The summed E-state index contributed by atoms with van der Waals surface area (Å²) in [5.41, 5.74) is 4.27. The van der Waals surface area contributed by atoms with Gasteiger partial charge < -0.3 is 9.64 Å². The Morgan fingerprint density at radius 3 is 2.33 bits per heavy atom. The zero-order valence-corrected chi connectivity index (χ0v) is 22.0. The van der Waals surface area contributed by atoms with Gasteiger partial charge in [0.1, 0.15) is 5.75 Å². The Bertz CT molecular complexity index is 1290. The molecule has 0 bridgehead atoms. The Morgan fingerprint density at radius 1 is 0.972 bits per heavy atom. The number of aromatic nitrogens is 3. The number of carbonyl (C=O) groups is 1. The highest BCUT2D eigenvalue weighted by Crippen LogP contribution is 2.32. The van der Waals surface area contributed by atoms with Gasteiger partial charge in [0.05, 0.1) is 18.6 Å². The monoisotopic (exact) mass is 500 g/mol. The van der Waals surface area contributed by atoms with Crippen LogP contribution in [0, 0.1) is 0 Å². The first-order valence-corrected chi connectivity index (χ1v) is 13.1. The molecule has 6 nitrogen and oxygen atoms in total. The highest BCUT2D eigenvalue weighted by atomic mass is 32.2. The number of benzene rings is 3. The lowest BCUT2D eigenvalue weighted by atomic mass is 10.0. The third-order valence-electron chi connectivity index (χ3n) is 6.06. The molecule has 186 valence electrons. The van der Waals surface area contributed by atoms with E-state index in [2.05, 4.69) is 46.8 Å². The maximum Gasteiger partial charge on any atom is 0.233 e. The van der Waals surface area contributed by atoms with Gasteiger partial charge in [-0.2, -0.15) is 0 Å². The van der Waals surface area contributed by atoms with E-state index in [1.165, 1.54) is 17.3 Å². The van der Waals surface area contributed by atoms with Crippen LogP contribution < -0.4 is 4.74 Å². The SMILES string of the molecule is CCN(Cc1ccccc1)C(=O)CSc1nnc(-c2ccc(OC)cc2)n1-c1ccccc1C(C)C. The van der Waals surface area contributed by atoms with E-state index >= 15 is 0 Å². The standard InChI is InChI=1S/C29H32N4O2S/c1-5-32(19-22-11-7-6-8-12-22)27(34)20-36-29-31-30-28(23-15-17-24(35-4)18-16-23)33(29)26-14-10-9-13-25(26)21(2)3/h6-18,21H,5,19-20H2,1-4H3. The van der Waals surface area contributed by atoms with Gasteiger partial charge in [0.15, 0.2) is 11.0 Å². The lowest BCUT2D eigenvalue weighted by Crippen LogP contribution is -2.31. The third kappa shape index (κ3) is 5.79. The molecule has 3 aromatic carbocycles. The number of ether oxygens (including phenoxy) is 1. The van der Waals surface area contributed by atoms with Gasteiger partial charge in [-0.05, 0) is 54.3 Å². The lowest BCUT2D eigenvalue weighted by Gasteiger charge is -2.21. The summed E-state index contributed by atoms with van der Waals surface area (Å²) >= 11 is 1.42. The molecule has 4 aromatic rings. The van der Waals surface area contributed by atoms with Crippen molar-refractivity contribution in [3.8, 4) is 22.8 Å². The van der Waals surface area contributed by atoms with Gasteiger partial charge >= 0.3 is 0 Å². The van der Waals surface area contributed by atoms with Gasteiger partial charge in [0.2, 0.25) is 5.91 Å². The summed E-state index contributed by atoms with van der Waals surface area (Å²) in [6.45, 7) is 7.60. The van der Waals surface area contributed by atoms with Crippen molar-refractivity contribution in [3.05, 3.63) is 90.0 Å². The molecule has 0 spiro atoms. The zero-order valence-electron chi connectivity index (χ0n) is 21.2. The fourth-order valence-electron chi connectivity index (χ4n) is 4.08. The van der Waals surface area contributed by atoms with E-state index in [1.54, 1.807) is 7.11 Å². The van der Waals surface area contributed by atoms with E-state index in [0.29, 0.717) is 24.2 Å². The Kier molecular flexibility index (Phi) is 8.44. The van der Waals surface area contributed by atoms with Crippen LogP contribution in [0.4, 0.5) is 0 Å². The van der Waals surface area contributed by atoms with Crippen molar-refractivity contribution in [2.24, 2.45) is 0 Å². The van der Waals surface area contributed by atoms with Crippen LogP contribution in [-0.2, 0) is 11.3 Å². The maximum absolute atomic E-state index is 13.2. The quantitative estimate of drug-likeness (QED) is 0.242. The minimum Gasteiger partial charge on any atom is -0.497 e. The first-order chi connectivity index (χ1) is 17.5. The predicted molar refractivity (Wildman–Crippen MR) is 146 cm³/mol. The number of para-hydroxylation sites is 1. The molecule has 0 atom stereocenters. The summed E-state index contributed by atoms with van der Waals surface area (Å²) in [5, 5.41) is 9.78. The largest absolute Gasteiger partial charge is 0.497 e. The molecule has 1 aromatic heterocycles. The lowest BCUT2D eigenvalue weighted by molar-refractivity contribution is -0.128. The van der Waals surface area contributed by atoms with Crippen molar-refractivity contribution in [1.82, 2.24) is 19.7 Å². The highest BCUT2D eigenvalue weighted by molar-refractivity contribution is 7.99. The summed E-state index contributed by atoms with van der Waals surface area (Å²) in [7, 11) is 1.65. The van der Waals surface area contributed by atoms with Crippen molar-refractivity contribution in [3.63, 3.8) is 0 Å². The van der Waals surface area contributed by atoms with Crippen LogP contribution >= 0.6 is 11.8 Å². The number of thioether (sulfide) groups is 1. The first-order valence-electron chi connectivity index (χ1n) is 12.2. The molecule has 0 fully saturated rings. The molecule has 1 amide bonds. The van der Waals surface area contributed by atoms with Crippen LogP contribution in [0.3, 0.4) is 0 Å². The van der Waals surface area contributed by atoms with Gasteiger partial charge in [-0.15, -0.1) is 10.2 Å². The van der Waals surface area contributed by atoms with Crippen LogP contribution in [0.1, 0.15) is 37.8 Å². The van der Waals surface area contributed by atoms with Crippen LogP contribution in [0.5, 0.6) is 5.75 Å². The van der Waals surface area contributed by atoms with E-state index in [4.69, 9.17) is 4.74 Å². The van der Waals surface area contributed by atoms with E-state index in [-0.39, 0.29) is 11.7 Å². The summed E-state index contributed by atoms with van der Waals surface area (Å²) in [6, 6.07) is 26.2. The molecular weight excluding hydrogens is 468 g/mol. The zero-order chi connectivity index (χ0) is 25.5. The van der Waals surface area contributed by atoms with Crippen molar-refractivity contribution in [1.29, 1.82) is 0 Å². The summed E-state index contributed by atoms with van der Waals surface area (Å²) in [4.78, 5) is 15.0. The molecular formula is C29H32N4O2S. The van der Waals surface area contributed by atoms with Crippen molar-refractivity contribution in [2.45, 2.75) is 38.4 Å². The van der Waals surface area contributed by atoms with Crippen molar-refractivity contribution in [2.75, 3.05) is 19.4 Å². The number of carbonyl (C=O) groups excluding carboxylic acids is 1. The fraction of sp³-hybridized carbons (Fsp3) is 0.276. The molecule has 0 saturated heterocycles. The Hall–Kier alpha value is -3.58. The van der Waals surface area contributed by atoms with E-state index in [1.807, 2.05) is 72.5 Å². The summed E-state index contributed by atoms with van der Waals surface area (Å²) in [5.74, 6) is 2.19. The Morgan fingerprint density at radius 2 is 1.67 bits per heavy atom. The molecule has 0 N–H and O–H groups in total. The van der Waals surface area contributed by atoms with Crippen LogP contribution in [-0.4, -0.2) is 45.0 Å². The summed E-state index contributed by atoms with van der Waals surface area (Å²) < 4.78 is 7.40. The molecule has 1 heterocycles. The number of hydrogen-bond donors (Lipinski definition) is 0. The fourth-order valence-corrected chi connectivity index (χ4v) is 4.93. The van der Waals surface area contributed by atoms with Gasteiger partial charge in [-0.25, -0.2) is 0 Å². The smallest absolute Gasteiger partial charge is 0.233 e. The van der Waals surface area contributed by atoms with E-state index < -0.39 is 0 Å². The van der Waals surface area contributed by atoms with E-state index in [9.17, 15) is 4.79 Å². The molecule has 0 aliphatic rings. The van der Waals surface area contributed by atoms with Gasteiger partial charge in [-0.3, -0.25) is 9.36 Å². The summed E-state index contributed by atoms with van der Waals surface area (Å²) in [6.07, 6.45) is 0. The van der Waals surface area contributed by atoms with Crippen LogP contribution in [0.15, 0.2) is 84.0 Å². The average Bonchev–Trinajstić information content (AvgIpc) is 3.34. The minimum absolute atomic E-state index is 0.0732. The van der Waals surface area contributed by atoms with Crippen LogP contribution in [0.2, 0.25) is 0 Å². The van der Waals surface area contributed by atoms with E-state index in [0.717, 1.165) is 28.4 Å². The molecule has 0 radical (unpaired) electrons. The van der Waals surface area contributed by atoms with Gasteiger partial charge in [-0.1, -0.05) is 74.1 Å². The second kappa shape index (κ2) is 11.9. The topological polar surface area (TPSA) is 60.3 Å². The normalized spacial score (nSPS) is 11.0. The highest BCUT2D eigenvalue weighted by Gasteiger charge is 2.21. The second-order valence-electron chi connectivity index (χ2n) is 8.77. The predicted octanol–water partition coefficient (Wildman–Crippen LogP) is 6.21. The molecule has 7 heteroatoms. The molecule has 36 heavy (non-hydrogen) atoms. The Balaban J connectivity index is 1.65. The van der Waals surface area contributed by atoms with Crippen LogP contribution in [0.25, 0.3) is 17.1 Å². The number of rotatable bonds is 10. The maximum atomic E-state index is 13.2. The van der Waals surface area contributed by atoms with Crippen molar-refractivity contribution >= 4 is 17.7 Å². The second-order valence-corrected chi connectivity index (χ2v) is 9.71. The number of methoxy groups -OCH3 is 1.